The first-order chi connectivity index (χ1) is 13.8. The maximum atomic E-state index is 11.9. The molecule has 6 heteroatoms. The van der Waals surface area contributed by atoms with Crippen LogP contribution in [0.2, 0.25) is 5.02 Å². The average molecular weight is 412 g/mol. The Morgan fingerprint density at radius 1 is 1.24 bits per heavy atom. The Morgan fingerprint density at radius 2 is 1.97 bits per heavy atom. The highest BCUT2D eigenvalue weighted by Gasteiger charge is 2.29. The number of rotatable bonds is 6. The first-order valence-corrected chi connectivity index (χ1v) is 10.00. The molecule has 1 N–H and O–H groups in total. The molecule has 0 bridgehead atoms. The summed E-state index contributed by atoms with van der Waals surface area (Å²) in [6.45, 7) is 9.55. The number of likely N-dealkylation sites (N-methyl/N-ethyl adjacent to an activating group) is 1. The summed E-state index contributed by atoms with van der Waals surface area (Å²) < 4.78 is 5.40. The average Bonchev–Trinajstić information content (AvgIpc) is 2.67. The fourth-order valence-electron chi connectivity index (χ4n) is 3.65. The molecule has 0 aromatic heterocycles. The number of anilines is 1. The lowest BCUT2D eigenvalue weighted by Crippen LogP contribution is -2.44. The van der Waals surface area contributed by atoms with Gasteiger partial charge in [0.05, 0.1) is 11.8 Å². The number of carbonyl (C=O) groups is 1. The number of hydrogen-bond acceptors (Lipinski definition) is 4. The molecule has 0 saturated heterocycles. The van der Waals surface area contributed by atoms with Crippen molar-refractivity contribution < 1.29 is 9.53 Å². The van der Waals surface area contributed by atoms with E-state index in [4.69, 9.17) is 16.3 Å². The fourth-order valence-corrected chi connectivity index (χ4v) is 3.78. The standard InChI is InChI=1S/C23H26ClN3O2/c1-5-27-21-11-6-17(12-20(21)16(2)13-23(27,3)4)14-25-26-22(28)15-29-19-9-7-18(24)8-10-19/h6-14H,5,15H2,1-4H3,(H,26,28)/b25-14-. The van der Waals surface area contributed by atoms with Crippen LogP contribution < -0.4 is 15.1 Å². The van der Waals surface area contributed by atoms with Crippen molar-refractivity contribution >= 4 is 35.0 Å². The van der Waals surface area contributed by atoms with Crippen LogP contribution >= 0.6 is 11.6 Å². The molecule has 1 amide bonds. The Balaban J connectivity index is 1.62. The maximum absolute atomic E-state index is 11.9. The summed E-state index contributed by atoms with van der Waals surface area (Å²) in [6.07, 6.45) is 3.93. The Morgan fingerprint density at radius 3 is 2.66 bits per heavy atom. The van der Waals surface area contributed by atoms with E-state index in [9.17, 15) is 4.79 Å². The smallest absolute Gasteiger partial charge is 0.277 e. The summed E-state index contributed by atoms with van der Waals surface area (Å²) >= 11 is 5.82. The fraction of sp³-hybridized carbons (Fsp3) is 0.304. The molecule has 0 unspecified atom stereocenters. The van der Waals surface area contributed by atoms with Gasteiger partial charge < -0.3 is 9.64 Å². The Labute approximate surface area is 177 Å². The predicted octanol–water partition coefficient (Wildman–Crippen LogP) is 4.89. The van der Waals surface area contributed by atoms with Gasteiger partial charge in [-0.2, -0.15) is 5.10 Å². The quantitative estimate of drug-likeness (QED) is 0.543. The molecule has 0 aliphatic carbocycles. The van der Waals surface area contributed by atoms with Gasteiger partial charge in [0.1, 0.15) is 5.75 Å². The van der Waals surface area contributed by atoms with Crippen LogP contribution in [0.1, 0.15) is 38.8 Å². The van der Waals surface area contributed by atoms with E-state index in [0.29, 0.717) is 10.8 Å². The molecule has 0 radical (unpaired) electrons. The highest BCUT2D eigenvalue weighted by molar-refractivity contribution is 6.30. The Hall–Kier alpha value is -2.79. The summed E-state index contributed by atoms with van der Waals surface area (Å²) in [7, 11) is 0. The lowest BCUT2D eigenvalue weighted by atomic mass is 9.88. The van der Waals surface area contributed by atoms with Crippen LogP contribution in [0.25, 0.3) is 5.57 Å². The van der Waals surface area contributed by atoms with E-state index in [0.717, 1.165) is 12.1 Å². The molecular formula is C23H26ClN3O2. The number of nitrogens with one attached hydrogen (secondary N) is 1. The van der Waals surface area contributed by atoms with Gasteiger partial charge in [-0.25, -0.2) is 5.43 Å². The number of benzene rings is 2. The molecular weight excluding hydrogens is 386 g/mol. The zero-order chi connectivity index (χ0) is 21.0. The minimum atomic E-state index is -0.329. The van der Waals surface area contributed by atoms with Gasteiger partial charge in [0.25, 0.3) is 5.91 Å². The van der Waals surface area contributed by atoms with E-state index in [2.05, 4.69) is 61.3 Å². The summed E-state index contributed by atoms with van der Waals surface area (Å²) in [5.41, 5.74) is 7.05. The Bertz CT molecular complexity index is 949. The number of allylic oxidation sites excluding steroid dienone is 1. The normalized spacial score (nSPS) is 15.1. The van der Waals surface area contributed by atoms with E-state index in [1.54, 1.807) is 30.5 Å². The molecule has 0 atom stereocenters. The van der Waals surface area contributed by atoms with Crippen molar-refractivity contribution in [3.8, 4) is 5.75 Å². The third-order valence-electron chi connectivity index (χ3n) is 4.90. The van der Waals surface area contributed by atoms with Crippen LogP contribution in [0.3, 0.4) is 0 Å². The number of halogens is 1. The molecule has 0 saturated carbocycles. The van der Waals surface area contributed by atoms with Gasteiger partial charge in [0.15, 0.2) is 6.61 Å². The maximum Gasteiger partial charge on any atom is 0.277 e. The van der Waals surface area contributed by atoms with Gasteiger partial charge in [0.2, 0.25) is 0 Å². The Kier molecular flexibility index (Phi) is 6.28. The minimum absolute atomic E-state index is 0.0144. The topological polar surface area (TPSA) is 53.9 Å². The highest BCUT2D eigenvalue weighted by Crippen LogP contribution is 2.38. The van der Waals surface area contributed by atoms with Crippen LogP contribution in [-0.4, -0.2) is 30.8 Å². The number of hydrazone groups is 1. The molecule has 2 aromatic rings. The molecule has 3 rings (SSSR count). The number of ether oxygens (including phenoxy) is 1. The predicted molar refractivity (Wildman–Crippen MR) is 120 cm³/mol. The summed E-state index contributed by atoms with van der Waals surface area (Å²) in [5, 5.41) is 4.67. The van der Waals surface area contributed by atoms with E-state index in [1.165, 1.54) is 16.8 Å². The zero-order valence-corrected chi connectivity index (χ0v) is 18.0. The van der Waals surface area contributed by atoms with Crippen LogP contribution in [0, 0.1) is 0 Å². The van der Waals surface area contributed by atoms with E-state index < -0.39 is 0 Å². The van der Waals surface area contributed by atoms with Gasteiger partial charge in [0, 0.05) is 22.8 Å². The van der Waals surface area contributed by atoms with Crippen LogP contribution in [0.15, 0.2) is 53.6 Å². The van der Waals surface area contributed by atoms with Crippen molar-refractivity contribution in [2.75, 3.05) is 18.1 Å². The monoisotopic (exact) mass is 411 g/mol. The zero-order valence-electron chi connectivity index (χ0n) is 17.2. The first-order valence-electron chi connectivity index (χ1n) is 9.62. The number of hydrogen-bond donors (Lipinski definition) is 1. The molecule has 5 nitrogen and oxygen atoms in total. The number of amides is 1. The molecule has 2 aromatic carbocycles. The molecule has 152 valence electrons. The molecule has 1 heterocycles. The lowest BCUT2D eigenvalue weighted by Gasteiger charge is -2.42. The first kappa shape index (κ1) is 20.9. The van der Waals surface area contributed by atoms with E-state index in [1.807, 2.05) is 6.07 Å². The summed E-state index contributed by atoms with van der Waals surface area (Å²) in [6, 6.07) is 13.1. The van der Waals surface area contributed by atoms with Crippen molar-refractivity contribution in [1.82, 2.24) is 5.43 Å². The molecule has 1 aliphatic heterocycles. The molecule has 29 heavy (non-hydrogen) atoms. The van der Waals surface area contributed by atoms with E-state index in [-0.39, 0.29) is 18.1 Å². The van der Waals surface area contributed by atoms with Crippen LogP contribution in [0.5, 0.6) is 5.75 Å². The molecule has 0 spiro atoms. The van der Waals surface area contributed by atoms with Crippen molar-refractivity contribution in [2.24, 2.45) is 5.10 Å². The third-order valence-corrected chi connectivity index (χ3v) is 5.16. The summed E-state index contributed by atoms with van der Waals surface area (Å²) in [5.74, 6) is 0.248. The highest BCUT2D eigenvalue weighted by atomic mass is 35.5. The largest absolute Gasteiger partial charge is 0.484 e. The van der Waals surface area contributed by atoms with Gasteiger partial charge in [-0.1, -0.05) is 23.7 Å². The number of carbonyl (C=O) groups excluding carboxylic acids is 1. The van der Waals surface area contributed by atoms with Crippen molar-refractivity contribution in [2.45, 2.75) is 33.2 Å². The second-order valence-corrected chi connectivity index (χ2v) is 7.97. The number of nitrogens with zero attached hydrogens (tertiary/aromatic N) is 2. The van der Waals surface area contributed by atoms with Crippen molar-refractivity contribution in [1.29, 1.82) is 0 Å². The van der Waals surface area contributed by atoms with Crippen molar-refractivity contribution in [3.05, 3.63) is 64.7 Å². The van der Waals surface area contributed by atoms with Gasteiger partial charge in [-0.15, -0.1) is 0 Å². The molecule has 0 fully saturated rings. The van der Waals surface area contributed by atoms with Gasteiger partial charge in [-0.05, 0) is 75.2 Å². The minimum Gasteiger partial charge on any atom is -0.484 e. The lowest BCUT2D eigenvalue weighted by molar-refractivity contribution is -0.123. The SMILES string of the molecule is CCN1c2ccc(/C=N\NC(=O)COc3ccc(Cl)cc3)cc2C(C)=CC1(C)C. The number of fused-ring (bicyclic) bond motifs is 1. The van der Waals surface area contributed by atoms with Gasteiger partial charge >= 0.3 is 0 Å². The van der Waals surface area contributed by atoms with E-state index >= 15 is 0 Å². The molecule has 1 aliphatic rings. The summed E-state index contributed by atoms with van der Waals surface area (Å²) in [4.78, 5) is 14.3. The second-order valence-electron chi connectivity index (χ2n) is 7.54. The van der Waals surface area contributed by atoms with Crippen LogP contribution in [0.4, 0.5) is 5.69 Å². The van der Waals surface area contributed by atoms with Crippen molar-refractivity contribution in [3.63, 3.8) is 0 Å². The third kappa shape index (κ3) is 4.98. The van der Waals surface area contributed by atoms with Gasteiger partial charge in [-0.3, -0.25) is 4.79 Å². The second kappa shape index (κ2) is 8.70. The van der Waals surface area contributed by atoms with Crippen LogP contribution in [-0.2, 0) is 4.79 Å².